The Morgan fingerprint density at radius 2 is 2.06 bits per heavy atom. The highest BCUT2D eigenvalue weighted by Gasteiger charge is 2.30. The molecule has 0 spiro atoms. The number of fused-ring (bicyclic) bond motifs is 1. The Hall–Kier alpha value is -2.76. The monoisotopic (exact) mass is 494 g/mol. The zero-order valence-corrected chi connectivity index (χ0v) is 21.2. The van der Waals surface area contributed by atoms with Crippen molar-refractivity contribution in [1.82, 2.24) is 9.97 Å². The first-order valence-corrected chi connectivity index (χ1v) is 13.2. The van der Waals surface area contributed by atoms with E-state index in [4.69, 9.17) is 4.98 Å². The Morgan fingerprint density at radius 3 is 2.76 bits per heavy atom. The normalized spacial score (nSPS) is 15.4. The van der Waals surface area contributed by atoms with Gasteiger partial charge in [-0.15, -0.1) is 23.1 Å². The zero-order valence-electron chi connectivity index (χ0n) is 19.5. The number of thiazole rings is 1. The van der Waals surface area contributed by atoms with E-state index in [-0.39, 0.29) is 23.6 Å². The molecule has 3 aromatic rings. The van der Waals surface area contributed by atoms with Gasteiger partial charge in [0.15, 0.2) is 5.13 Å². The van der Waals surface area contributed by atoms with Crippen molar-refractivity contribution in [2.24, 2.45) is 11.3 Å². The second kappa shape index (κ2) is 10.2. The summed E-state index contributed by atoms with van der Waals surface area (Å²) in [5.74, 6) is 0.668. The number of nitrogens with one attached hydrogen (secondary N) is 1. The van der Waals surface area contributed by atoms with Gasteiger partial charge in [-0.3, -0.25) is 4.79 Å². The number of carbonyl (C=O) groups is 1. The minimum absolute atomic E-state index is 0.142. The molecule has 0 saturated heterocycles. The SMILES string of the molecule is CC(C)(C)C1CCc2nc(SCCC(=O)Nc3nc(-c4ccc(F)cc4)cs3)c(C#N)cc2C1. The number of aryl methyl sites for hydroxylation is 1. The van der Waals surface area contributed by atoms with Crippen LogP contribution in [-0.2, 0) is 17.6 Å². The Kier molecular flexibility index (Phi) is 7.34. The number of benzene rings is 1. The van der Waals surface area contributed by atoms with E-state index in [0.717, 1.165) is 30.5 Å². The first kappa shape index (κ1) is 24.4. The van der Waals surface area contributed by atoms with Crippen molar-refractivity contribution in [2.75, 3.05) is 11.1 Å². The van der Waals surface area contributed by atoms with Gasteiger partial charge in [0, 0.05) is 28.8 Å². The number of pyridine rings is 1. The first-order valence-electron chi connectivity index (χ1n) is 11.3. The molecule has 34 heavy (non-hydrogen) atoms. The van der Waals surface area contributed by atoms with Crippen LogP contribution >= 0.6 is 23.1 Å². The van der Waals surface area contributed by atoms with Gasteiger partial charge in [0.25, 0.3) is 0 Å². The third-order valence-corrected chi connectivity index (χ3v) is 7.91. The fourth-order valence-corrected chi connectivity index (χ4v) is 5.73. The summed E-state index contributed by atoms with van der Waals surface area (Å²) in [5, 5.41) is 15.5. The number of rotatable bonds is 6. The topological polar surface area (TPSA) is 78.7 Å². The molecule has 0 fully saturated rings. The number of anilines is 1. The number of nitriles is 1. The number of thioether (sulfide) groups is 1. The zero-order chi connectivity index (χ0) is 24.3. The molecule has 176 valence electrons. The molecule has 1 aromatic carbocycles. The minimum atomic E-state index is -0.299. The molecule has 1 aliphatic carbocycles. The van der Waals surface area contributed by atoms with Gasteiger partial charge < -0.3 is 5.32 Å². The quantitative estimate of drug-likeness (QED) is 0.396. The van der Waals surface area contributed by atoms with Crippen LogP contribution in [0.2, 0.25) is 0 Å². The summed E-state index contributed by atoms with van der Waals surface area (Å²) < 4.78 is 13.1. The summed E-state index contributed by atoms with van der Waals surface area (Å²) in [6.45, 7) is 6.81. The summed E-state index contributed by atoms with van der Waals surface area (Å²) in [4.78, 5) is 21.6. The molecule has 2 aromatic heterocycles. The Bertz CT molecular complexity index is 1230. The van der Waals surface area contributed by atoms with E-state index in [2.05, 4.69) is 37.1 Å². The molecule has 1 N–H and O–H groups in total. The smallest absolute Gasteiger partial charge is 0.226 e. The lowest BCUT2D eigenvalue weighted by Crippen LogP contribution is -2.27. The Balaban J connectivity index is 1.33. The summed E-state index contributed by atoms with van der Waals surface area (Å²) in [6.07, 6.45) is 3.28. The average Bonchev–Trinajstić information content (AvgIpc) is 3.26. The third-order valence-electron chi connectivity index (χ3n) is 6.16. The highest BCUT2D eigenvalue weighted by atomic mass is 32.2. The van der Waals surface area contributed by atoms with Gasteiger partial charge in [-0.05, 0) is 66.5 Å². The maximum absolute atomic E-state index is 13.1. The third kappa shape index (κ3) is 5.83. The number of amides is 1. The molecule has 8 heteroatoms. The number of halogens is 1. The van der Waals surface area contributed by atoms with Crippen LogP contribution in [0.5, 0.6) is 0 Å². The van der Waals surface area contributed by atoms with Gasteiger partial charge in [-0.1, -0.05) is 20.8 Å². The van der Waals surface area contributed by atoms with Gasteiger partial charge in [-0.25, -0.2) is 14.4 Å². The second-order valence-corrected chi connectivity index (χ2v) is 11.5. The molecule has 0 radical (unpaired) electrons. The number of aromatic nitrogens is 2. The van der Waals surface area contributed by atoms with E-state index in [1.807, 2.05) is 11.4 Å². The molecule has 5 nitrogen and oxygen atoms in total. The second-order valence-electron chi connectivity index (χ2n) is 9.56. The van der Waals surface area contributed by atoms with Crippen molar-refractivity contribution in [3.63, 3.8) is 0 Å². The van der Waals surface area contributed by atoms with Crippen molar-refractivity contribution in [3.05, 3.63) is 58.3 Å². The van der Waals surface area contributed by atoms with E-state index in [1.54, 1.807) is 12.1 Å². The molecule has 1 unspecified atom stereocenters. The number of nitrogens with zero attached hydrogens (tertiary/aromatic N) is 3. The highest BCUT2D eigenvalue weighted by Crippen LogP contribution is 2.38. The summed E-state index contributed by atoms with van der Waals surface area (Å²) in [5.41, 5.74) is 4.59. The molecule has 0 aliphatic heterocycles. The van der Waals surface area contributed by atoms with Crippen molar-refractivity contribution in [2.45, 2.75) is 51.5 Å². The highest BCUT2D eigenvalue weighted by molar-refractivity contribution is 7.99. The predicted octanol–water partition coefficient (Wildman–Crippen LogP) is 6.49. The average molecular weight is 495 g/mol. The number of carbonyl (C=O) groups excluding carboxylic acids is 1. The van der Waals surface area contributed by atoms with Gasteiger partial charge in [0.1, 0.15) is 16.9 Å². The van der Waals surface area contributed by atoms with E-state index in [1.165, 1.54) is 40.8 Å². The standard InChI is InChI=1S/C26H27FN4OS2/c1-26(2,3)19-6-9-21-17(13-19)12-18(14-28)24(29-21)33-11-10-23(32)31-25-30-22(15-34-25)16-4-7-20(27)8-5-16/h4-5,7-8,12,15,19H,6,9-11,13H2,1-3H3,(H,30,31,32). The summed E-state index contributed by atoms with van der Waals surface area (Å²) >= 11 is 2.78. The van der Waals surface area contributed by atoms with Crippen molar-refractivity contribution >= 4 is 34.1 Å². The summed E-state index contributed by atoms with van der Waals surface area (Å²) in [6, 6.07) is 10.4. The first-order chi connectivity index (χ1) is 16.2. The van der Waals surface area contributed by atoms with Crippen LogP contribution in [0.25, 0.3) is 11.3 Å². The van der Waals surface area contributed by atoms with Crippen LogP contribution in [0.3, 0.4) is 0 Å². The van der Waals surface area contributed by atoms with Gasteiger partial charge in [0.2, 0.25) is 5.91 Å². The van der Waals surface area contributed by atoms with E-state index >= 15 is 0 Å². The van der Waals surface area contributed by atoms with Crippen LogP contribution in [0.4, 0.5) is 9.52 Å². The molecule has 1 amide bonds. The molecule has 0 bridgehead atoms. The number of hydrogen-bond acceptors (Lipinski definition) is 6. The van der Waals surface area contributed by atoms with Crippen LogP contribution in [0.15, 0.2) is 40.7 Å². The number of hydrogen-bond donors (Lipinski definition) is 1. The Labute approximate surface area is 207 Å². The van der Waals surface area contributed by atoms with E-state index in [9.17, 15) is 14.4 Å². The van der Waals surface area contributed by atoms with Crippen molar-refractivity contribution < 1.29 is 9.18 Å². The van der Waals surface area contributed by atoms with Crippen LogP contribution in [0.1, 0.15) is 50.4 Å². The molecule has 0 saturated carbocycles. The molecule has 1 atom stereocenters. The minimum Gasteiger partial charge on any atom is -0.302 e. The molecular weight excluding hydrogens is 467 g/mol. The van der Waals surface area contributed by atoms with Crippen molar-refractivity contribution in [1.29, 1.82) is 5.26 Å². The largest absolute Gasteiger partial charge is 0.302 e. The fourth-order valence-electron chi connectivity index (χ4n) is 4.08. The van der Waals surface area contributed by atoms with E-state index in [0.29, 0.717) is 33.1 Å². The molecule has 1 aliphatic rings. The van der Waals surface area contributed by atoms with Gasteiger partial charge in [0.05, 0.1) is 11.3 Å². The molecule has 4 rings (SSSR count). The lowest BCUT2D eigenvalue weighted by molar-refractivity contribution is -0.115. The van der Waals surface area contributed by atoms with Crippen LogP contribution in [0, 0.1) is 28.5 Å². The van der Waals surface area contributed by atoms with Crippen molar-refractivity contribution in [3.8, 4) is 17.3 Å². The van der Waals surface area contributed by atoms with Gasteiger partial charge in [-0.2, -0.15) is 5.26 Å². The Morgan fingerprint density at radius 1 is 1.29 bits per heavy atom. The molecule has 2 heterocycles. The lowest BCUT2D eigenvalue weighted by Gasteiger charge is -2.34. The van der Waals surface area contributed by atoms with E-state index < -0.39 is 0 Å². The van der Waals surface area contributed by atoms with Gasteiger partial charge >= 0.3 is 0 Å². The maximum atomic E-state index is 13.1. The van der Waals surface area contributed by atoms with Crippen LogP contribution in [-0.4, -0.2) is 21.6 Å². The maximum Gasteiger partial charge on any atom is 0.226 e. The fraction of sp³-hybridized carbons (Fsp3) is 0.385. The summed E-state index contributed by atoms with van der Waals surface area (Å²) in [7, 11) is 0. The molecular formula is C26H27FN4OS2. The lowest BCUT2D eigenvalue weighted by atomic mass is 9.71. The van der Waals surface area contributed by atoms with Crippen LogP contribution < -0.4 is 5.32 Å². The predicted molar refractivity (Wildman–Crippen MR) is 135 cm³/mol.